The van der Waals surface area contributed by atoms with Crippen molar-refractivity contribution in [2.24, 2.45) is 11.3 Å². The predicted octanol–water partition coefficient (Wildman–Crippen LogP) is 3.20. The van der Waals surface area contributed by atoms with E-state index in [0.29, 0.717) is 24.3 Å². The third-order valence-corrected chi connectivity index (χ3v) is 6.11. The van der Waals surface area contributed by atoms with Gasteiger partial charge in [-0.15, -0.1) is 0 Å². The maximum absolute atomic E-state index is 13.0. The SMILES string of the molecule is CN1C(=O)N(C)C(=O)C2(C/C(=C\I)C=C3C(Cl)=CCCC32)C1=O. The van der Waals surface area contributed by atoms with Gasteiger partial charge < -0.3 is 0 Å². The van der Waals surface area contributed by atoms with Crippen molar-refractivity contribution >= 4 is 52.0 Å². The summed E-state index contributed by atoms with van der Waals surface area (Å²) in [4.78, 5) is 40.3. The maximum atomic E-state index is 13.0. The Hall–Kier alpha value is -1.15. The zero-order valence-corrected chi connectivity index (χ0v) is 15.7. The number of halogens is 2. The first kappa shape index (κ1) is 16.7. The summed E-state index contributed by atoms with van der Waals surface area (Å²) in [5.41, 5.74) is 0.431. The van der Waals surface area contributed by atoms with Crippen LogP contribution in [0.2, 0.25) is 0 Å². The smallest absolute Gasteiger partial charge is 0.273 e. The molecule has 1 saturated heterocycles. The second kappa shape index (κ2) is 5.73. The highest BCUT2D eigenvalue weighted by atomic mass is 127. The number of amides is 4. The Morgan fingerprint density at radius 2 is 1.87 bits per heavy atom. The normalized spacial score (nSPS) is 29.0. The van der Waals surface area contributed by atoms with Crippen LogP contribution in [0, 0.1) is 11.3 Å². The van der Waals surface area contributed by atoms with Crippen molar-refractivity contribution in [2.75, 3.05) is 14.1 Å². The zero-order valence-electron chi connectivity index (χ0n) is 12.8. The second-order valence-electron chi connectivity index (χ2n) is 6.12. The fraction of sp³-hybridized carbons (Fsp3) is 0.438. The average Bonchev–Trinajstić information content (AvgIpc) is 2.57. The van der Waals surface area contributed by atoms with Gasteiger partial charge in [0.05, 0.1) is 0 Å². The fourth-order valence-corrected chi connectivity index (χ4v) is 4.50. The number of carbonyl (C=O) groups is 3. The summed E-state index contributed by atoms with van der Waals surface area (Å²) in [6.07, 6.45) is 5.58. The minimum atomic E-state index is -1.27. The van der Waals surface area contributed by atoms with Gasteiger partial charge in [-0.25, -0.2) is 4.79 Å². The van der Waals surface area contributed by atoms with Crippen LogP contribution in [0.1, 0.15) is 19.3 Å². The number of fused-ring (bicyclic) bond motifs is 2. The Morgan fingerprint density at radius 1 is 1.26 bits per heavy atom. The van der Waals surface area contributed by atoms with Crippen LogP contribution in [0.3, 0.4) is 0 Å². The number of nitrogens with zero attached hydrogens (tertiary/aromatic N) is 2. The van der Waals surface area contributed by atoms with Crippen LogP contribution in [-0.4, -0.2) is 41.7 Å². The minimum Gasteiger partial charge on any atom is -0.273 e. The highest BCUT2D eigenvalue weighted by Gasteiger charge is 2.61. The Kier molecular flexibility index (Phi) is 4.16. The molecule has 2 aliphatic carbocycles. The molecule has 7 heteroatoms. The van der Waals surface area contributed by atoms with Crippen molar-refractivity contribution in [3.05, 3.63) is 32.4 Å². The summed E-state index contributed by atoms with van der Waals surface area (Å²) in [7, 11) is 2.86. The molecule has 3 aliphatic rings. The molecule has 23 heavy (non-hydrogen) atoms. The highest BCUT2D eigenvalue weighted by molar-refractivity contribution is 14.1. The van der Waals surface area contributed by atoms with Crippen LogP contribution in [0.4, 0.5) is 4.79 Å². The number of imide groups is 2. The average molecular weight is 447 g/mol. The third kappa shape index (κ3) is 2.21. The van der Waals surface area contributed by atoms with E-state index in [-0.39, 0.29) is 5.92 Å². The molecule has 0 saturated carbocycles. The Morgan fingerprint density at radius 3 is 2.43 bits per heavy atom. The fourth-order valence-electron chi connectivity index (χ4n) is 3.80. The molecule has 1 aliphatic heterocycles. The lowest BCUT2D eigenvalue weighted by atomic mass is 9.60. The van der Waals surface area contributed by atoms with Gasteiger partial charge >= 0.3 is 6.03 Å². The van der Waals surface area contributed by atoms with Crippen molar-refractivity contribution < 1.29 is 14.4 Å². The Labute approximate surface area is 153 Å². The van der Waals surface area contributed by atoms with Crippen LogP contribution >= 0.6 is 34.2 Å². The van der Waals surface area contributed by atoms with E-state index in [0.717, 1.165) is 20.9 Å². The first-order valence-electron chi connectivity index (χ1n) is 7.31. The number of allylic oxidation sites excluding steroid dienone is 5. The largest absolute Gasteiger partial charge is 0.332 e. The van der Waals surface area contributed by atoms with E-state index in [4.69, 9.17) is 11.6 Å². The lowest BCUT2D eigenvalue weighted by Crippen LogP contribution is -2.66. The van der Waals surface area contributed by atoms with Crippen molar-refractivity contribution in [1.29, 1.82) is 0 Å². The lowest BCUT2D eigenvalue weighted by Gasteiger charge is -2.49. The number of urea groups is 1. The van der Waals surface area contributed by atoms with Crippen LogP contribution in [0.15, 0.2) is 32.4 Å². The zero-order chi connectivity index (χ0) is 16.9. The number of carbonyl (C=O) groups excluding carboxylic acids is 3. The van der Waals surface area contributed by atoms with Crippen molar-refractivity contribution in [1.82, 2.24) is 9.80 Å². The molecule has 0 N–H and O–H groups in total. The van der Waals surface area contributed by atoms with Crippen LogP contribution in [-0.2, 0) is 9.59 Å². The molecule has 0 aromatic heterocycles. The number of rotatable bonds is 0. The van der Waals surface area contributed by atoms with Crippen molar-refractivity contribution in [3.8, 4) is 0 Å². The number of hydrogen-bond acceptors (Lipinski definition) is 3. The molecule has 1 atom stereocenters. The molecule has 3 rings (SSSR count). The summed E-state index contributed by atoms with van der Waals surface area (Å²) in [5.74, 6) is -1.15. The monoisotopic (exact) mass is 446 g/mol. The molecule has 0 aromatic carbocycles. The quantitative estimate of drug-likeness (QED) is 0.424. The number of barbiturate groups is 1. The van der Waals surface area contributed by atoms with Crippen LogP contribution in [0.5, 0.6) is 0 Å². The molecule has 1 spiro atoms. The molecule has 0 aromatic rings. The summed E-state index contributed by atoms with van der Waals surface area (Å²) in [6, 6.07) is -0.584. The van der Waals surface area contributed by atoms with Gasteiger partial charge in [-0.05, 0) is 34.5 Å². The van der Waals surface area contributed by atoms with Crippen molar-refractivity contribution in [3.63, 3.8) is 0 Å². The first-order chi connectivity index (χ1) is 10.8. The van der Waals surface area contributed by atoms with E-state index in [1.54, 1.807) is 0 Å². The van der Waals surface area contributed by atoms with E-state index in [1.165, 1.54) is 14.1 Å². The summed E-state index contributed by atoms with van der Waals surface area (Å²) < 4.78 is 1.86. The molecule has 0 bridgehead atoms. The maximum Gasteiger partial charge on any atom is 0.332 e. The van der Waals surface area contributed by atoms with Crippen LogP contribution < -0.4 is 0 Å². The van der Waals surface area contributed by atoms with Crippen molar-refractivity contribution in [2.45, 2.75) is 19.3 Å². The minimum absolute atomic E-state index is 0.293. The predicted molar refractivity (Wildman–Crippen MR) is 94.8 cm³/mol. The topological polar surface area (TPSA) is 57.7 Å². The molecule has 0 radical (unpaired) electrons. The molecule has 5 nitrogen and oxygen atoms in total. The standard InChI is InChI=1S/C16H16ClIN2O3/c1-19-13(21)16(14(22)20(2)15(19)23)7-9(8-18)6-10-11(16)4-3-5-12(10)17/h5-6,8,11H,3-4,7H2,1-2H3/b9-8-. The number of hydrogen-bond donors (Lipinski definition) is 0. The summed E-state index contributed by atoms with van der Waals surface area (Å²) in [5, 5.41) is 0.596. The van der Waals surface area contributed by atoms with E-state index in [1.807, 2.05) is 16.2 Å². The van der Waals surface area contributed by atoms with Gasteiger partial charge in [0.15, 0.2) is 0 Å². The van der Waals surface area contributed by atoms with Gasteiger partial charge in [0.1, 0.15) is 5.41 Å². The third-order valence-electron chi connectivity index (χ3n) is 4.94. The van der Waals surface area contributed by atoms with Gasteiger partial charge in [-0.2, -0.15) is 0 Å². The molecule has 122 valence electrons. The van der Waals surface area contributed by atoms with Gasteiger partial charge in [0.2, 0.25) is 11.8 Å². The summed E-state index contributed by atoms with van der Waals surface area (Å²) in [6.45, 7) is 0. The molecule has 1 heterocycles. The second-order valence-corrected chi connectivity index (χ2v) is 7.15. The van der Waals surface area contributed by atoms with Gasteiger partial charge in [-0.3, -0.25) is 19.4 Å². The highest BCUT2D eigenvalue weighted by Crippen LogP contribution is 2.53. The Balaban J connectivity index is 2.22. The van der Waals surface area contributed by atoms with E-state index >= 15 is 0 Å². The van der Waals surface area contributed by atoms with Gasteiger partial charge in [0.25, 0.3) is 0 Å². The Bertz CT molecular complexity index is 686. The molecular formula is C16H16ClIN2O3. The molecular weight excluding hydrogens is 431 g/mol. The van der Waals surface area contributed by atoms with Gasteiger partial charge in [0, 0.05) is 25.0 Å². The van der Waals surface area contributed by atoms with Crippen LogP contribution in [0.25, 0.3) is 0 Å². The van der Waals surface area contributed by atoms with E-state index < -0.39 is 23.3 Å². The summed E-state index contributed by atoms with van der Waals surface area (Å²) >= 11 is 8.46. The molecule has 1 unspecified atom stereocenters. The van der Waals surface area contributed by atoms with Gasteiger partial charge in [-0.1, -0.05) is 46.3 Å². The van der Waals surface area contributed by atoms with E-state index in [2.05, 4.69) is 22.6 Å². The first-order valence-corrected chi connectivity index (χ1v) is 8.94. The molecule has 4 amide bonds. The van der Waals surface area contributed by atoms with E-state index in [9.17, 15) is 14.4 Å². The molecule has 1 fully saturated rings. The lowest BCUT2D eigenvalue weighted by molar-refractivity contribution is -0.161.